The number of nitrogens with one attached hydrogen (secondary N) is 1. The minimum atomic E-state index is -1.87. The van der Waals surface area contributed by atoms with Crippen molar-refractivity contribution in [1.82, 2.24) is 10.2 Å². The van der Waals surface area contributed by atoms with Crippen molar-refractivity contribution in [3.05, 3.63) is 10.6 Å². The molecule has 190 valence electrons. The first kappa shape index (κ1) is 26.7. The third-order valence-electron chi connectivity index (χ3n) is 6.05. The lowest BCUT2D eigenvalue weighted by molar-refractivity contribution is -0.175. The normalized spacial score (nSPS) is 27.8. The molecule has 0 aromatic rings. The summed E-state index contributed by atoms with van der Waals surface area (Å²) in [6, 6.07) is -0.217. The van der Waals surface area contributed by atoms with Crippen LogP contribution >= 0.6 is 11.8 Å². The second kappa shape index (κ2) is 9.66. The van der Waals surface area contributed by atoms with E-state index >= 15 is 0 Å². The van der Waals surface area contributed by atoms with E-state index in [9.17, 15) is 19.2 Å². The molecule has 34 heavy (non-hydrogen) atoms. The van der Waals surface area contributed by atoms with Gasteiger partial charge in [0.2, 0.25) is 18.6 Å². The zero-order chi connectivity index (χ0) is 25.6. The fraction of sp³-hybridized carbons (Fsp3) is 0.739. The summed E-state index contributed by atoms with van der Waals surface area (Å²) in [4.78, 5) is 52.3. The Morgan fingerprint density at radius 1 is 1.21 bits per heavy atom. The van der Waals surface area contributed by atoms with Crippen LogP contribution < -0.4 is 5.32 Å². The lowest BCUT2D eigenvalue weighted by Gasteiger charge is -2.48. The molecular formula is C23H36N2O7SSi. The molecule has 3 rings (SSSR count). The second-order valence-electron chi connectivity index (χ2n) is 11.1. The van der Waals surface area contributed by atoms with E-state index in [1.165, 1.54) is 16.7 Å². The molecule has 3 aliphatic heterocycles. The summed E-state index contributed by atoms with van der Waals surface area (Å²) in [6.07, 6.45) is 0.0794. The molecule has 2 amide bonds. The van der Waals surface area contributed by atoms with Crippen molar-refractivity contribution >= 4 is 43.8 Å². The van der Waals surface area contributed by atoms with Crippen LogP contribution in [0.1, 0.15) is 41.0 Å². The Bertz CT molecular complexity index is 908. The van der Waals surface area contributed by atoms with E-state index in [2.05, 4.69) is 25.0 Å². The van der Waals surface area contributed by atoms with Crippen LogP contribution in [0.4, 0.5) is 0 Å². The number of esters is 2. The van der Waals surface area contributed by atoms with Crippen LogP contribution in [-0.4, -0.2) is 67.7 Å². The number of ether oxygens (including phenoxy) is 2. The van der Waals surface area contributed by atoms with Gasteiger partial charge in [0.25, 0.3) is 0 Å². The van der Waals surface area contributed by atoms with Gasteiger partial charge >= 0.3 is 11.9 Å². The molecule has 3 aliphatic rings. The lowest BCUT2D eigenvalue weighted by Crippen LogP contribution is -2.64. The maximum atomic E-state index is 13.2. The van der Waals surface area contributed by atoms with Gasteiger partial charge in [0.1, 0.15) is 5.70 Å². The van der Waals surface area contributed by atoms with E-state index in [4.69, 9.17) is 13.9 Å². The first-order valence-corrected chi connectivity index (χ1v) is 15.9. The summed E-state index contributed by atoms with van der Waals surface area (Å²) < 4.78 is 16.6. The van der Waals surface area contributed by atoms with Crippen LogP contribution in [0.3, 0.4) is 0 Å². The molecule has 3 heterocycles. The fourth-order valence-corrected chi connectivity index (χ4v) is 7.22. The van der Waals surface area contributed by atoms with Crippen molar-refractivity contribution in [2.75, 3.05) is 13.3 Å². The number of β-lactam (4-membered cyclic amide) rings is 1. The van der Waals surface area contributed by atoms with Crippen LogP contribution in [0.25, 0.3) is 0 Å². The van der Waals surface area contributed by atoms with E-state index in [1.807, 2.05) is 13.8 Å². The van der Waals surface area contributed by atoms with Crippen LogP contribution in [0.15, 0.2) is 10.6 Å². The quantitative estimate of drug-likeness (QED) is 0.229. The van der Waals surface area contributed by atoms with Crippen LogP contribution in [0.5, 0.6) is 0 Å². The predicted molar refractivity (Wildman–Crippen MR) is 130 cm³/mol. The van der Waals surface area contributed by atoms with E-state index in [1.54, 1.807) is 20.8 Å². The Labute approximate surface area is 206 Å². The molecule has 9 nitrogen and oxygen atoms in total. The third-order valence-corrected chi connectivity index (χ3v) is 8.62. The summed E-state index contributed by atoms with van der Waals surface area (Å²) in [6.45, 7) is 15.2. The second-order valence-corrected chi connectivity index (χ2v) is 16.9. The highest BCUT2D eigenvalue weighted by Gasteiger charge is 2.61. The Hall–Kier alpha value is -1.85. The first-order chi connectivity index (χ1) is 15.6. The van der Waals surface area contributed by atoms with Crippen molar-refractivity contribution < 1.29 is 33.1 Å². The van der Waals surface area contributed by atoms with Gasteiger partial charge in [-0.3, -0.25) is 14.4 Å². The zero-order valence-electron chi connectivity index (χ0n) is 21.2. The maximum Gasteiger partial charge on any atom is 0.358 e. The summed E-state index contributed by atoms with van der Waals surface area (Å²) >= 11 is 1.45. The molecule has 5 atom stereocenters. The Balaban J connectivity index is 1.80. The number of nitrogens with zero attached hydrogens (tertiary/aromatic N) is 1. The Kier molecular flexibility index (Phi) is 7.60. The molecule has 2 fully saturated rings. The van der Waals surface area contributed by atoms with E-state index in [0.29, 0.717) is 13.0 Å². The molecule has 1 N–H and O–H groups in total. The topological polar surface area (TPSA) is 111 Å². The van der Waals surface area contributed by atoms with Gasteiger partial charge < -0.3 is 24.1 Å². The average molecular weight is 513 g/mol. The monoisotopic (exact) mass is 512 g/mol. The number of carbonyl (C=O) groups is 4. The lowest BCUT2D eigenvalue weighted by atomic mass is 9.79. The molecule has 0 aliphatic carbocycles. The Morgan fingerprint density at radius 2 is 1.85 bits per heavy atom. The molecule has 0 aromatic heterocycles. The third kappa shape index (κ3) is 5.51. The minimum absolute atomic E-state index is 0.0311. The number of thioether (sulfide) groups is 1. The largest absolute Gasteiger partial charge is 0.427 e. The molecular weight excluding hydrogens is 476 g/mol. The van der Waals surface area contributed by atoms with Gasteiger partial charge in [-0.1, -0.05) is 6.92 Å². The summed E-state index contributed by atoms with van der Waals surface area (Å²) in [5.41, 5.74) is -0.537. The number of hydrogen-bond acceptors (Lipinski definition) is 8. The fourth-order valence-electron chi connectivity index (χ4n) is 4.55. The van der Waals surface area contributed by atoms with Gasteiger partial charge in [-0.2, -0.15) is 0 Å². The molecule has 11 heteroatoms. The molecule has 0 aromatic carbocycles. The van der Waals surface area contributed by atoms with E-state index < -0.39 is 32.5 Å². The molecule has 0 bridgehead atoms. The van der Waals surface area contributed by atoms with Gasteiger partial charge in [-0.05, 0) is 47.3 Å². The summed E-state index contributed by atoms with van der Waals surface area (Å²) in [7, 11) is -1.87. The minimum Gasteiger partial charge on any atom is -0.427 e. The van der Waals surface area contributed by atoms with Crippen LogP contribution in [-0.2, 0) is 33.1 Å². The number of carbonyl (C=O) groups excluding carboxylic acids is 4. The van der Waals surface area contributed by atoms with Gasteiger partial charge in [0.05, 0.1) is 23.5 Å². The van der Waals surface area contributed by atoms with E-state index in [-0.39, 0.29) is 46.7 Å². The zero-order valence-corrected chi connectivity index (χ0v) is 23.0. The highest BCUT2D eigenvalue weighted by molar-refractivity contribution is 8.03. The van der Waals surface area contributed by atoms with Crippen molar-refractivity contribution in [3.8, 4) is 0 Å². The maximum absolute atomic E-state index is 13.2. The van der Waals surface area contributed by atoms with Gasteiger partial charge in [0.15, 0.2) is 8.32 Å². The van der Waals surface area contributed by atoms with Crippen molar-refractivity contribution in [3.63, 3.8) is 0 Å². The summed E-state index contributed by atoms with van der Waals surface area (Å²) in [5.74, 6) is -1.87. The Morgan fingerprint density at radius 3 is 2.38 bits per heavy atom. The first-order valence-electron chi connectivity index (χ1n) is 11.6. The SMILES string of the molecule is C[C@@H](O[Si](C)(C)C)[C@H]1C(=O)N2C(C(=O)OCOC(=O)C(C)(C)C)=C(S[C@H]3CNC(=O)C3)[C@H](C)[C@H]12. The number of fused-ring (bicyclic) bond motifs is 1. The van der Waals surface area contributed by atoms with Crippen molar-refractivity contribution in [2.24, 2.45) is 17.3 Å². The number of rotatable bonds is 8. The smallest absolute Gasteiger partial charge is 0.358 e. The summed E-state index contributed by atoms with van der Waals surface area (Å²) in [5, 5.41) is 2.78. The number of hydrogen-bond donors (Lipinski definition) is 1. The van der Waals surface area contributed by atoms with E-state index in [0.717, 1.165) is 4.91 Å². The average Bonchev–Trinajstić information content (AvgIpc) is 3.19. The van der Waals surface area contributed by atoms with Gasteiger partial charge in [-0.25, -0.2) is 4.79 Å². The highest BCUT2D eigenvalue weighted by Crippen LogP contribution is 2.52. The van der Waals surface area contributed by atoms with Crippen LogP contribution in [0, 0.1) is 17.3 Å². The highest BCUT2D eigenvalue weighted by atomic mass is 32.2. The van der Waals surface area contributed by atoms with Crippen molar-refractivity contribution in [1.29, 1.82) is 0 Å². The molecule has 0 unspecified atom stereocenters. The van der Waals surface area contributed by atoms with Crippen molar-refractivity contribution in [2.45, 2.75) is 78.1 Å². The molecule has 0 saturated carbocycles. The standard InChI is InChI=1S/C23H36N2O7SSi/c1-12-17-16(13(2)32-34(6,7)8)20(27)25(17)18(19(12)33-14-9-15(26)24-10-14)21(28)30-11-31-22(29)23(3,4)5/h12-14,16-17H,9-11H2,1-8H3,(H,24,26)/t12-,13-,14-,16-,17-/m1/s1. The molecule has 0 spiro atoms. The van der Waals surface area contributed by atoms with Gasteiger partial charge in [0, 0.05) is 29.0 Å². The molecule has 0 radical (unpaired) electrons. The van der Waals surface area contributed by atoms with Gasteiger partial charge in [-0.15, -0.1) is 11.8 Å². The van der Waals surface area contributed by atoms with Crippen LogP contribution in [0.2, 0.25) is 19.6 Å². The molecule has 2 saturated heterocycles. The number of amides is 2. The predicted octanol–water partition coefficient (Wildman–Crippen LogP) is 2.63.